The number of rotatable bonds is 0. The lowest BCUT2D eigenvalue weighted by Crippen LogP contribution is -2.38. The Morgan fingerprint density at radius 2 is 1.82 bits per heavy atom. The van der Waals surface area contributed by atoms with E-state index in [0.717, 1.165) is 12.8 Å². The van der Waals surface area contributed by atoms with Gasteiger partial charge in [-0.2, -0.15) is 0 Å². The fraction of sp³-hybridized carbons (Fsp3) is 0.867. The highest BCUT2D eigenvalue weighted by molar-refractivity contribution is 5.36. The molecule has 0 unspecified atom stereocenters. The van der Waals surface area contributed by atoms with Crippen LogP contribution in [0.3, 0.4) is 0 Å². The van der Waals surface area contributed by atoms with E-state index in [1.54, 1.807) is 0 Å². The van der Waals surface area contributed by atoms with Gasteiger partial charge in [-0.15, -0.1) is 0 Å². The molecule has 2 fully saturated rings. The average molecular weight is 236 g/mol. The van der Waals surface area contributed by atoms with Crippen molar-refractivity contribution in [2.24, 2.45) is 28.6 Å². The van der Waals surface area contributed by atoms with Crippen molar-refractivity contribution >= 4 is 0 Å². The van der Waals surface area contributed by atoms with Crippen molar-refractivity contribution in [3.05, 3.63) is 11.6 Å². The van der Waals surface area contributed by atoms with Gasteiger partial charge in [0.2, 0.25) is 0 Å². The number of aliphatic hydroxyl groups excluding tert-OH is 2. The van der Waals surface area contributed by atoms with Crippen molar-refractivity contribution in [2.45, 2.75) is 52.7 Å². The summed E-state index contributed by atoms with van der Waals surface area (Å²) in [6, 6.07) is 0. The molecule has 2 nitrogen and oxygen atoms in total. The van der Waals surface area contributed by atoms with Crippen LogP contribution < -0.4 is 0 Å². The lowest BCUT2D eigenvalue weighted by atomic mass is 9.72. The number of hydrogen-bond acceptors (Lipinski definition) is 2. The van der Waals surface area contributed by atoms with Gasteiger partial charge in [-0.3, -0.25) is 0 Å². The lowest BCUT2D eigenvalue weighted by Gasteiger charge is -2.35. The molecule has 6 atom stereocenters. The normalized spacial score (nSPS) is 55.6. The highest BCUT2D eigenvalue weighted by Gasteiger charge is 2.63. The van der Waals surface area contributed by atoms with Crippen LogP contribution in [0.4, 0.5) is 0 Å². The van der Waals surface area contributed by atoms with E-state index in [1.165, 1.54) is 5.57 Å². The molecule has 0 aliphatic heterocycles. The highest BCUT2D eigenvalue weighted by Crippen LogP contribution is 2.65. The van der Waals surface area contributed by atoms with Crippen molar-refractivity contribution < 1.29 is 10.2 Å². The first-order chi connectivity index (χ1) is 7.77. The van der Waals surface area contributed by atoms with Crippen LogP contribution >= 0.6 is 0 Å². The fourth-order valence-corrected chi connectivity index (χ4v) is 4.82. The highest BCUT2D eigenvalue weighted by atomic mass is 16.3. The molecule has 96 valence electrons. The van der Waals surface area contributed by atoms with E-state index in [1.807, 2.05) is 6.08 Å². The van der Waals surface area contributed by atoms with Crippen LogP contribution in [0.2, 0.25) is 0 Å². The summed E-state index contributed by atoms with van der Waals surface area (Å²) >= 11 is 0. The molecule has 3 aliphatic rings. The molecule has 0 aromatic heterocycles. The molecule has 0 aromatic rings. The van der Waals surface area contributed by atoms with E-state index in [4.69, 9.17) is 0 Å². The van der Waals surface area contributed by atoms with Gasteiger partial charge in [0, 0.05) is 5.41 Å². The summed E-state index contributed by atoms with van der Waals surface area (Å²) in [5.41, 5.74) is 1.51. The van der Waals surface area contributed by atoms with Gasteiger partial charge in [0.05, 0.1) is 12.2 Å². The predicted molar refractivity (Wildman–Crippen MR) is 67.4 cm³/mol. The largest absolute Gasteiger partial charge is 0.392 e. The minimum atomic E-state index is -0.366. The first kappa shape index (κ1) is 11.7. The molecule has 2 N–H and O–H groups in total. The Hall–Kier alpha value is -0.340. The maximum Gasteiger partial charge on any atom is 0.0758 e. The van der Waals surface area contributed by atoms with Gasteiger partial charge in [0.25, 0.3) is 0 Å². The molecule has 0 aromatic carbocycles. The van der Waals surface area contributed by atoms with Crippen LogP contribution in [0.5, 0.6) is 0 Å². The van der Waals surface area contributed by atoms with Gasteiger partial charge >= 0.3 is 0 Å². The third-order valence-electron chi connectivity index (χ3n) is 5.93. The minimum absolute atomic E-state index is 0.154. The second-order valence-corrected chi connectivity index (χ2v) is 7.47. The van der Waals surface area contributed by atoms with E-state index >= 15 is 0 Å². The fourth-order valence-electron chi connectivity index (χ4n) is 4.82. The molecule has 2 saturated carbocycles. The van der Waals surface area contributed by atoms with E-state index in [9.17, 15) is 10.2 Å². The van der Waals surface area contributed by atoms with Crippen LogP contribution in [0, 0.1) is 28.6 Å². The third kappa shape index (κ3) is 1.29. The van der Waals surface area contributed by atoms with Crippen molar-refractivity contribution in [3.8, 4) is 0 Å². The first-order valence-corrected chi connectivity index (χ1v) is 6.86. The molecule has 2 heteroatoms. The van der Waals surface area contributed by atoms with Gasteiger partial charge in [0.15, 0.2) is 0 Å². The number of hydrogen-bond donors (Lipinski definition) is 2. The Labute approximate surface area is 104 Å². The Morgan fingerprint density at radius 3 is 2.47 bits per heavy atom. The van der Waals surface area contributed by atoms with Crippen molar-refractivity contribution in [3.63, 3.8) is 0 Å². The standard InChI is InChI=1S/C15H24O2/c1-8-12(16)5-11-9-6-14(2,3)7-10(9)13(17)15(8,11)4/h5,8-10,12-13,16-17H,6-7H2,1-4H3/t8-,9-,10+,12-,13+,15+/m1/s1. The quantitative estimate of drug-likeness (QED) is 0.634. The monoisotopic (exact) mass is 236 g/mol. The molecule has 0 bridgehead atoms. The summed E-state index contributed by atoms with van der Waals surface area (Å²) in [6.45, 7) is 8.81. The molecular weight excluding hydrogens is 212 g/mol. The molecular formula is C15H24O2. The molecule has 0 heterocycles. The summed E-state index contributed by atoms with van der Waals surface area (Å²) in [7, 11) is 0. The molecule has 0 saturated heterocycles. The molecule has 17 heavy (non-hydrogen) atoms. The van der Waals surface area contributed by atoms with Crippen LogP contribution in [0.1, 0.15) is 40.5 Å². The van der Waals surface area contributed by atoms with Crippen molar-refractivity contribution in [1.29, 1.82) is 0 Å². The van der Waals surface area contributed by atoms with E-state index in [0.29, 0.717) is 17.3 Å². The van der Waals surface area contributed by atoms with Crippen LogP contribution in [-0.4, -0.2) is 22.4 Å². The molecule has 3 aliphatic carbocycles. The number of aliphatic hydroxyl groups is 2. The molecule has 3 rings (SSSR count). The SMILES string of the molecule is C[C@@H]1[C@H](O)C=C2[C@@H]3CC(C)(C)C[C@@H]3[C@H](O)[C@]21C. The van der Waals surface area contributed by atoms with Gasteiger partial charge < -0.3 is 10.2 Å². The maximum atomic E-state index is 10.7. The van der Waals surface area contributed by atoms with Gasteiger partial charge in [-0.1, -0.05) is 39.3 Å². The molecule has 0 spiro atoms. The Kier molecular flexibility index (Phi) is 2.18. The molecule has 0 amide bonds. The van der Waals surface area contributed by atoms with Gasteiger partial charge in [-0.25, -0.2) is 0 Å². The Bertz CT molecular complexity index is 384. The van der Waals surface area contributed by atoms with E-state index in [-0.39, 0.29) is 23.5 Å². The second kappa shape index (κ2) is 3.16. The van der Waals surface area contributed by atoms with Gasteiger partial charge in [0.1, 0.15) is 0 Å². The summed E-state index contributed by atoms with van der Waals surface area (Å²) in [5, 5.41) is 20.7. The molecule has 0 radical (unpaired) electrons. The summed E-state index contributed by atoms with van der Waals surface area (Å²) in [6.07, 6.45) is 3.69. The van der Waals surface area contributed by atoms with Crippen molar-refractivity contribution in [1.82, 2.24) is 0 Å². The number of fused-ring (bicyclic) bond motifs is 3. The zero-order valence-corrected chi connectivity index (χ0v) is 11.3. The third-order valence-corrected chi connectivity index (χ3v) is 5.93. The van der Waals surface area contributed by atoms with Crippen LogP contribution in [0.15, 0.2) is 11.6 Å². The summed E-state index contributed by atoms with van der Waals surface area (Å²) in [5.74, 6) is 1.07. The smallest absolute Gasteiger partial charge is 0.0758 e. The second-order valence-electron chi connectivity index (χ2n) is 7.47. The van der Waals surface area contributed by atoms with E-state index in [2.05, 4.69) is 27.7 Å². The minimum Gasteiger partial charge on any atom is -0.392 e. The van der Waals surface area contributed by atoms with Crippen LogP contribution in [0.25, 0.3) is 0 Å². The summed E-state index contributed by atoms with van der Waals surface area (Å²) in [4.78, 5) is 0. The lowest BCUT2D eigenvalue weighted by molar-refractivity contribution is -0.0106. The topological polar surface area (TPSA) is 40.5 Å². The Morgan fingerprint density at radius 1 is 1.18 bits per heavy atom. The zero-order valence-electron chi connectivity index (χ0n) is 11.3. The van der Waals surface area contributed by atoms with Crippen LogP contribution in [-0.2, 0) is 0 Å². The van der Waals surface area contributed by atoms with Crippen molar-refractivity contribution in [2.75, 3.05) is 0 Å². The van der Waals surface area contributed by atoms with Gasteiger partial charge in [-0.05, 0) is 36.0 Å². The Balaban J connectivity index is 2.02. The zero-order chi connectivity index (χ0) is 12.6. The predicted octanol–water partition coefficient (Wildman–Crippen LogP) is 2.36. The average Bonchev–Trinajstić information content (AvgIpc) is 2.73. The summed E-state index contributed by atoms with van der Waals surface area (Å²) < 4.78 is 0. The van der Waals surface area contributed by atoms with E-state index < -0.39 is 0 Å². The maximum absolute atomic E-state index is 10.7. The first-order valence-electron chi connectivity index (χ1n) is 6.86.